The Morgan fingerprint density at radius 1 is 1.48 bits per heavy atom. The second kappa shape index (κ2) is 4.80. The molecule has 0 radical (unpaired) electrons. The van der Waals surface area contributed by atoms with Gasteiger partial charge in [-0.2, -0.15) is 0 Å². The molecule has 2 aromatic rings. The van der Waals surface area contributed by atoms with Gasteiger partial charge in [0.1, 0.15) is 11.6 Å². The van der Waals surface area contributed by atoms with Crippen LogP contribution in [0.5, 0.6) is 0 Å². The number of ketones is 2. The maximum Gasteiger partial charge on any atom is 0.264 e. The fourth-order valence-electron chi connectivity index (χ4n) is 2.13. The predicted molar refractivity (Wildman–Crippen MR) is 78.1 cm³/mol. The zero-order valence-electron chi connectivity index (χ0n) is 19.6. The van der Waals surface area contributed by atoms with E-state index in [1.54, 1.807) is 0 Å². The summed E-state index contributed by atoms with van der Waals surface area (Å²) < 4.78 is 70.8. The molecule has 1 aliphatic rings. The minimum absolute atomic E-state index is 0.254. The molecule has 1 heterocycles. The van der Waals surface area contributed by atoms with Crippen LogP contribution in [0, 0.1) is 6.85 Å². The molecule has 1 saturated carbocycles. The van der Waals surface area contributed by atoms with Crippen LogP contribution in [0.1, 0.15) is 43.4 Å². The number of anilines is 1. The molecule has 6 heteroatoms. The summed E-state index contributed by atoms with van der Waals surface area (Å²) in [6, 6.07) is -4.27. The lowest BCUT2D eigenvalue weighted by molar-refractivity contribution is -0.132. The van der Waals surface area contributed by atoms with Gasteiger partial charge in [-0.1, -0.05) is 6.04 Å². The number of nitrogens with two attached hydrogens (primary N) is 1. The Kier molecular flexibility index (Phi) is 1.49. The van der Waals surface area contributed by atoms with Gasteiger partial charge in [0.25, 0.3) is 5.56 Å². The van der Waals surface area contributed by atoms with Crippen LogP contribution in [-0.2, 0) is 9.59 Å². The van der Waals surface area contributed by atoms with E-state index >= 15 is 0 Å². The number of fused-ring (bicyclic) bond motifs is 1. The highest BCUT2D eigenvalue weighted by Gasteiger charge is 2.30. The van der Waals surface area contributed by atoms with Gasteiger partial charge < -0.3 is 5.73 Å². The van der Waals surface area contributed by atoms with E-state index in [9.17, 15) is 14.4 Å². The summed E-state index contributed by atoms with van der Waals surface area (Å²) in [5.74, 6) is -3.18. The lowest BCUT2D eigenvalue weighted by atomic mass is 9.92. The predicted octanol–water partition coefficient (Wildman–Crippen LogP) is 1.15. The first-order chi connectivity index (χ1) is 13.6. The van der Waals surface area contributed by atoms with E-state index in [0.717, 1.165) is 0 Å². The van der Waals surface area contributed by atoms with Gasteiger partial charge in [0.15, 0.2) is 5.78 Å². The Morgan fingerprint density at radius 3 is 3.05 bits per heavy atom. The van der Waals surface area contributed by atoms with Crippen molar-refractivity contribution in [3.8, 4) is 0 Å². The molecule has 1 aromatic carbocycles. The molecule has 0 bridgehead atoms. The molecule has 0 spiro atoms. The average molecular weight is 294 g/mol. The first-order valence-electron chi connectivity index (χ1n) is 10.5. The van der Waals surface area contributed by atoms with Gasteiger partial charge >= 0.3 is 0 Å². The van der Waals surface area contributed by atoms with Crippen LogP contribution in [-0.4, -0.2) is 21.1 Å². The summed E-state index contributed by atoms with van der Waals surface area (Å²) >= 11 is 0. The fourth-order valence-corrected chi connectivity index (χ4v) is 2.13. The lowest BCUT2D eigenvalue weighted by Crippen LogP contribution is -2.36. The van der Waals surface area contributed by atoms with Crippen LogP contribution >= 0.6 is 0 Å². The van der Waals surface area contributed by atoms with E-state index in [1.807, 2.05) is 0 Å². The molecule has 2 atom stereocenters. The molecular formula is C15H15N3O3. The van der Waals surface area contributed by atoms with Gasteiger partial charge in [-0.25, -0.2) is 4.98 Å². The topological polar surface area (TPSA) is 95.0 Å². The number of nitrogen functional groups attached to an aromatic ring is 1. The van der Waals surface area contributed by atoms with Crippen molar-refractivity contribution in [2.75, 3.05) is 5.73 Å². The standard InChI is InChI=1S/C15H15N3O3/c1-8-17-11-4-2-3-10(16)14(11)15(21)18(8)12-6-5-9(19)7-13(12)20/h2-4,12H,5-7,16H2,1H3/i1D3,2D,3D,4D,5D,6D2. The van der Waals surface area contributed by atoms with Gasteiger partial charge in [-0.05, 0) is 25.3 Å². The first-order valence-corrected chi connectivity index (χ1v) is 5.92. The number of Topliss-reactive ketones (excluding diaryl/α,β-unsaturated/α-hetero) is 2. The number of carbonyl (C=O) groups excluding carboxylic acids is 2. The SMILES string of the molecule is [2H]c1c([2H])c(N)c2c(=O)n(C3C(=O)CC(=O)C([2H])C3([2H])[2H])c(C([2H])([2H])[2H])nc2c1[2H]. The molecule has 0 aliphatic heterocycles. The number of hydrogen-bond donors (Lipinski definition) is 1. The molecular weight excluding hydrogens is 270 g/mol. The number of benzene rings is 1. The monoisotopic (exact) mass is 294 g/mol. The van der Waals surface area contributed by atoms with E-state index in [2.05, 4.69) is 4.98 Å². The minimum atomic E-state index is -3.16. The van der Waals surface area contributed by atoms with Gasteiger partial charge in [0.2, 0.25) is 0 Å². The van der Waals surface area contributed by atoms with Gasteiger partial charge in [0, 0.05) is 20.3 Å². The van der Waals surface area contributed by atoms with E-state index < -0.39 is 89.8 Å². The molecule has 108 valence electrons. The average Bonchev–Trinajstić information content (AvgIpc) is 2.62. The highest BCUT2D eigenvalue weighted by molar-refractivity contribution is 6.03. The molecule has 2 unspecified atom stereocenters. The van der Waals surface area contributed by atoms with Crippen LogP contribution < -0.4 is 11.3 Å². The molecule has 21 heavy (non-hydrogen) atoms. The number of rotatable bonds is 1. The lowest BCUT2D eigenvalue weighted by Gasteiger charge is -2.24. The summed E-state index contributed by atoms with van der Waals surface area (Å²) in [6.45, 7) is -3.16. The van der Waals surface area contributed by atoms with Crippen LogP contribution in [0.4, 0.5) is 5.69 Å². The highest BCUT2D eigenvalue weighted by atomic mass is 16.2. The maximum absolute atomic E-state index is 13.3. The third-order valence-corrected chi connectivity index (χ3v) is 3.08. The van der Waals surface area contributed by atoms with Crippen molar-refractivity contribution in [2.24, 2.45) is 0 Å². The van der Waals surface area contributed by atoms with E-state index in [-0.39, 0.29) is 4.57 Å². The molecule has 1 aliphatic carbocycles. The van der Waals surface area contributed by atoms with Crippen LogP contribution in [0.25, 0.3) is 10.9 Å². The number of hydrogen-bond acceptors (Lipinski definition) is 5. The van der Waals surface area contributed by atoms with Crippen LogP contribution in [0.3, 0.4) is 0 Å². The van der Waals surface area contributed by atoms with Crippen molar-refractivity contribution in [2.45, 2.75) is 32.1 Å². The molecule has 1 aromatic heterocycles. The molecule has 2 N–H and O–H groups in total. The molecule has 3 rings (SSSR count). The zero-order chi connectivity index (χ0) is 22.9. The largest absolute Gasteiger partial charge is 0.398 e. The zero-order valence-corrected chi connectivity index (χ0v) is 10.6. The minimum Gasteiger partial charge on any atom is -0.398 e. The summed E-state index contributed by atoms with van der Waals surface area (Å²) in [6.07, 6.45) is -5.88. The smallest absolute Gasteiger partial charge is 0.264 e. The Labute approximate surface area is 133 Å². The van der Waals surface area contributed by atoms with Crippen molar-refractivity contribution in [3.05, 3.63) is 34.3 Å². The number of aryl methyl sites for hydroxylation is 1. The molecule has 1 fully saturated rings. The summed E-state index contributed by atoms with van der Waals surface area (Å²) in [5.41, 5.74) is 3.27. The fraction of sp³-hybridized carbons (Fsp3) is 0.333. The Bertz CT molecular complexity index is 1170. The number of nitrogens with zero attached hydrogens (tertiary/aromatic N) is 2. The van der Waals surface area contributed by atoms with E-state index in [4.69, 9.17) is 18.1 Å². The van der Waals surface area contributed by atoms with Crippen LogP contribution in [0.2, 0.25) is 0 Å². The van der Waals surface area contributed by atoms with Crippen LogP contribution in [0.15, 0.2) is 22.9 Å². The first kappa shape index (κ1) is 6.51. The summed E-state index contributed by atoms with van der Waals surface area (Å²) in [7, 11) is 0. The molecule has 6 nitrogen and oxygen atoms in total. The van der Waals surface area contributed by atoms with Crippen molar-refractivity contribution in [3.63, 3.8) is 0 Å². The van der Waals surface area contributed by atoms with Gasteiger partial charge in [-0.15, -0.1) is 0 Å². The normalized spacial score (nSPS) is 31.9. The van der Waals surface area contributed by atoms with Crippen molar-refractivity contribution in [1.29, 1.82) is 0 Å². The summed E-state index contributed by atoms with van der Waals surface area (Å²) in [4.78, 5) is 41.4. The van der Waals surface area contributed by atoms with E-state index in [1.165, 1.54) is 0 Å². The van der Waals surface area contributed by atoms with Gasteiger partial charge in [0.05, 0.1) is 27.5 Å². The van der Waals surface area contributed by atoms with E-state index in [0.29, 0.717) is 0 Å². The van der Waals surface area contributed by atoms with Crippen molar-refractivity contribution >= 4 is 28.2 Å². The Hall–Kier alpha value is -2.50. The number of aromatic nitrogens is 2. The van der Waals surface area contributed by atoms with Gasteiger partial charge in [-0.3, -0.25) is 19.0 Å². The Morgan fingerprint density at radius 2 is 2.29 bits per heavy atom. The summed E-state index contributed by atoms with van der Waals surface area (Å²) in [5, 5.41) is -0.615. The second-order valence-electron chi connectivity index (χ2n) is 4.45. The molecule has 0 amide bonds. The quantitative estimate of drug-likeness (QED) is 0.629. The molecule has 0 saturated heterocycles. The Balaban J connectivity index is 2.54. The van der Waals surface area contributed by atoms with Crippen molar-refractivity contribution < 1.29 is 21.9 Å². The number of carbonyl (C=O) groups is 2. The van der Waals surface area contributed by atoms with Crippen molar-refractivity contribution in [1.82, 2.24) is 9.55 Å². The highest BCUT2D eigenvalue weighted by Crippen LogP contribution is 2.24. The third-order valence-electron chi connectivity index (χ3n) is 3.08. The maximum atomic E-state index is 13.3. The second-order valence-corrected chi connectivity index (χ2v) is 4.45. The third kappa shape index (κ3) is 2.12.